The molecule has 3 rings (SSSR count). The zero-order chi connectivity index (χ0) is 23.8. The number of nitrogens with one attached hydrogen (secondary N) is 1. The molecule has 0 aliphatic rings. The Morgan fingerprint density at radius 2 is 2.00 bits per heavy atom. The van der Waals surface area contributed by atoms with Gasteiger partial charge in [0.05, 0.1) is 23.2 Å². The maximum absolute atomic E-state index is 12.9. The van der Waals surface area contributed by atoms with Crippen molar-refractivity contribution in [3.8, 4) is 6.07 Å². The third-order valence-electron chi connectivity index (χ3n) is 5.03. The summed E-state index contributed by atoms with van der Waals surface area (Å²) < 4.78 is 2.01. The number of para-hydroxylation sites is 1. The molecule has 1 N–H and O–H groups in total. The number of hydrogen-bond acceptors (Lipinski definition) is 3. The lowest BCUT2D eigenvalue weighted by Gasteiger charge is -2.20. The summed E-state index contributed by atoms with van der Waals surface area (Å²) in [6, 6.07) is 14.8. The first-order chi connectivity index (χ1) is 15.9. The molecule has 0 bridgehead atoms. The predicted octanol–water partition coefficient (Wildman–Crippen LogP) is 5.75. The number of nitriles is 1. The van der Waals surface area contributed by atoms with Crippen LogP contribution >= 0.6 is 23.2 Å². The Labute approximate surface area is 203 Å². The molecule has 2 amide bonds. The lowest BCUT2D eigenvalue weighted by molar-refractivity contribution is -0.130. The van der Waals surface area contributed by atoms with E-state index in [9.17, 15) is 9.59 Å². The molecule has 0 atom stereocenters. The van der Waals surface area contributed by atoms with Gasteiger partial charge in [0.15, 0.2) is 0 Å². The van der Waals surface area contributed by atoms with E-state index < -0.39 is 0 Å². The number of anilines is 1. The van der Waals surface area contributed by atoms with Gasteiger partial charge in [-0.05, 0) is 36.8 Å². The van der Waals surface area contributed by atoms with Gasteiger partial charge in [-0.25, -0.2) is 0 Å². The minimum atomic E-state index is -0.359. The summed E-state index contributed by atoms with van der Waals surface area (Å²) in [7, 11) is 0. The summed E-state index contributed by atoms with van der Waals surface area (Å²) in [6.07, 6.45) is 6.27. The smallest absolute Gasteiger partial charge is 0.247 e. The van der Waals surface area contributed by atoms with Crippen LogP contribution in [0.4, 0.5) is 5.69 Å². The number of nitrogens with zero attached hydrogens (tertiary/aromatic N) is 3. The number of rotatable bonds is 9. The second kappa shape index (κ2) is 11.6. The summed E-state index contributed by atoms with van der Waals surface area (Å²) in [4.78, 5) is 26.9. The SMILES string of the molecule is CCCN(CC(=O)Nc1cc(Cl)ccc1Cl)C(=O)/C=C/c1cn(CCC#N)c2ccccc12. The van der Waals surface area contributed by atoms with E-state index in [0.29, 0.717) is 41.7 Å². The Morgan fingerprint density at radius 1 is 1.21 bits per heavy atom. The van der Waals surface area contributed by atoms with Gasteiger partial charge in [-0.2, -0.15) is 5.26 Å². The summed E-state index contributed by atoms with van der Waals surface area (Å²) in [6.45, 7) is 2.85. The van der Waals surface area contributed by atoms with Gasteiger partial charge in [0, 0.05) is 46.9 Å². The molecule has 0 aliphatic heterocycles. The standard InChI is InChI=1S/C25H24Cl2N4O2/c1-2-13-31(17-24(32)29-22-15-19(26)9-10-21(22)27)25(33)11-8-18-16-30(14-5-12-28)23-7-4-3-6-20(18)23/h3-4,6-11,15-16H,2,5,13-14,17H2,1H3,(H,29,32)/b11-8+. The van der Waals surface area contributed by atoms with Crippen molar-refractivity contribution in [2.75, 3.05) is 18.4 Å². The molecule has 6 nitrogen and oxygen atoms in total. The van der Waals surface area contributed by atoms with Crippen LogP contribution in [0.2, 0.25) is 10.0 Å². The lowest BCUT2D eigenvalue weighted by Crippen LogP contribution is -2.37. The molecule has 3 aromatic rings. The molecule has 0 unspecified atom stereocenters. The highest BCUT2D eigenvalue weighted by Crippen LogP contribution is 2.25. The first-order valence-corrected chi connectivity index (χ1v) is 11.3. The number of amides is 2. The molecule has 8 heteroatoms. The normalized spacial score (nSPS) is 11.0. The number of fused-ring (bicyclic) bond motifs is 1. The third kappa shape index (κ3) is 6.38. The van der Waals surface area contributed by atoms with Crippen molar-refractivity contribution in [2.24, 2.45) is 0 Å². The van der Waals surface area contributed by atoms with E-state index in [2.05, 4.69) is 11.4 Å². The van der Waals surface area contributed by atoms with Crippen LogP contribution < -0.4 is 5.32 Å². The Morgan fingerprint density at radius 3 is 2.76 bits per heavy atom. The average molecular weight is 483 g/mol. The zero-order valence-corrected chi connectivity index (χ0v) is 19.7. The summed E-state index contributed by atoms with van der Waals surface area (Å²) >= 11 is 12.1. The number of carbonyl (C=O) groups excluding carboxylic acids is 2. The van der Waals surface area contributed by atoms with Crippen molar-refractivity contribution in [2.45, 2.75) is 26.3 Å². The van der Waals surface area contributed by atoms with Crippen LogP contribution in [0.15, 0.2) is 54.7 Å². The van der Waals surface area contributed by atoms with Gasteiger partial charge >= 0.3 is 0 Å². The monoisotopic (exact) mass is 482 g/mol. The first-order valence-electron chi connectivity index (χ1n) is 10.6. The third-order valence-corrected chi connectivity index (χ3v) is 5.60. The molecule has 0 aliphatic carbocycles. The highest BCUT2D eigenvalue weighted by molar-refractivity contribution is 6.35. The first kappa shape index (κ1) is 24.4. The molecule has 2 aromatic carbocycles. The van der Waals surface area contributed by atoms with E-state index in [-0.39, 0.29) is 18.4 Å². The summed E-state index contributed by atoms with van der Waals surface area (Å²) in [5.74, 6) is -0.625. The van der Waals surface area contributed by atoms with Gasteiger partial charge in [0.25, 0.3) is 0 Å². The van der Waals surface area contributed by atoms with Crippen LogP contribution in [0.3, 0.4) is 0 Å². The maximum atomic E-state index is 12.9. The molecule has 33 heavy (non-hydrogen) atoms. The van der Waals surface area contributed by atoms with Crippen molar-refractivity contribution in [3.63, 3.8) is 0 Å². The fourth-order valence-corrected chi connectivity index (χ4v) is 3.86. The van der Waals surface area contributed by atoms with Crippen molar-refractivity contribution in [1.82, 2.24) is 9.47 Å². The van der Waals surface area contributed by atoms with Gasteiger partial charge in [-0.1, -0.05) is 48.3 Å². The Kier molecular flexibility index (Phi) is 8.53. The number of halogens is 2. The molecule has 0 radical (unpaired) electrons. The quantitative estimate of drug-likeness (QED) is 0.394. The fourth-order valence-electron chi connectivity index (χ4n) is 3.52. The summed E-state index contributed by atoms with van der Waals surface area (Å²) in [5.41, 5.74) is 2.28. The number of hydrogen-bond donors (Lipinski definition) is 1. The molecule has 0 saturated heterocycles. The average Bonchev–Trinajstić information content (AvgIpc) is 3.16. The number of aryl methyl sites for hydroxylation is 1. The Bertz CT molecular complexity index is 1230. The fraction of sp³-hybridized carbons (Fsp3) is 0.240. The van der Waals surface area contributed by atoms with E-state index in [1.165, 1.54) is 11.0 Å². The van der Waals surface area contributed by atoms with Crippen molar-refractivity contribution < 1.29 is 9.59 Å². The lowest BCUT2D eigenvalue weighted by atomic mass is 10.1. The van der Waals surface area contributed by atoms with Crippen LogP contribution in [0.5, 0.6) is 0 Å². The van der Waals surface area contributed by atoms with Gasteiger partial charge < -0.3 is 14.8 Å². The van der Waals surface area contributed by atoms with E-state index in [1.807, 2.05) is 42.0 Å². The van der Waals surface area contributed by atoms with Crippen LogP contribution in [0.1, 0.15) is 25.3 Å². The zero-order valence-electron chi connectivity index (χ0n) is 18.2. The second-order valence-electron chi connectivity index (χ2n) is 7.47. The topological polar surface area (TPSA) is 78.1 Å². The van der Waals surface area contributed by atoms with E-state index >= 15 is 0 Å². The highest BCUT2D eigenvalue weighted by atomic mass is 35.5. The molecular weight excluding hydrogens is 459 g/mol. The molecule has 170 valence electrons. The van der Waals surface area contributed by atoms with E-state index in [0.717, 1.165) is 16.5 Å². The number of carbonyl (C=O) groups is 2. The van der Waals surface area contributed by atoms with Gasteiger partial charge in [-0.15, -0.1) is 0 Å². The van der Waals surface area contributed by atoms with Crippen LogP contribution in [-0.4, -0.2) is 34.4 Å². The minimum absolute atomic E-state index is 0.107. The predicted molar refractivity (Wildman–Crippen MR) is 133 cm³/mol. The highest BCUT2D eigenvalue weighted by Gasteiger charge is 2.16. The number of aromatic nitrogens is 1. The molecule has 0 fully saturated rings. The van der Waals surface area contributed by atoms with Crippen molar-refractivity contribution in [1.29, 1.82) is 5.26 Å². The van der Waals surface area contributed by atoms with Crippen LogP contribution in [0.25, 0.3) is 17.0 Å². The van der Waals surface area contributed by atoms with Gasteiger partial charge in [0.1, 0.15) is 6.54 Å². The Hall–Kier alpha value is -3.27. The second-order valence-corrected chi connectivity index (χ2v) is 8.31. The molecule has 1 aromatic heterocycles. The number of benzene rings is 2. The molecule has 1 heterocycles. The minimum Gasteiger partial charge on any atom is -0.346 e. The molecule has 0 saturated carbocycles. The van der Waals surface area contributed by atoms with E-state index in [1.54, 1.807) is 24.3 Å². The van der Waals surface area contributed by atoms with E-state index in [4.69, 9.17) is 28.5 Å². The van der Waals surface area contributed by atoms with Gasteiger partial charge in [0.2, 0.25) is 11.8 Å². The Balaban J connectivity index is 1.74. The van der Waals surface area contributed by atoms with Crippen LogP contribution in [0, 0.1) is 11.3 Å². The summed E-state index contributed by atoms with van der Waals surface area (Å²) in [5, 5.41) is 13.4. The molecule has 0 spiro atoms. The van der Waals surface area contributed by atoms with Crippen LogP contribution in [-0.2, 0) is 16.1 Å². The maximum Gasteiger partial charge on any atom is 0.247 e. The van der Waals surface area contributed by atoms with Gasteiger partial charge in [-0.3, -0.25) is 9.59 Å². The molecular formula is C25H24Cl2N4O2. The largest absolute Gasteiger partial charge is 0.346 e. The van der Waals surface area contributed by atoms with Crippen molar-refractivity contribution in [3.05, 3.63) is 70.3 Å². The van der Waals surface area contributed by atoms with Crippen molar-refractivity contribution >= 4 is 57.7 Å².